The van der Waals surface area contributed by atoms with Gasteiger partial charge in [0.2, 0.25) is 10.6 Å². The topological polar surface area (TPSA) is 57.3 Å². The van der Waals surface area contributed by atoms with Gasteiger partial charge in [0.25, 0.3) is 0 Å². The van der Waals surface area contributed by atoms with Gasteiger partial charge in [0, 0.05) is 16.5 Å². The summed E-state index contributed by atoms with van der Waals surface area (Å²) in [5, 5.41) is 7.59. The number of aromatic nitrogens is 1. The molecule has 31 heavy (non-hydrogen) atoms. The molecule has 0 saturated heterocycles. The van der Waals surface area contributed by atoms with Gasteiger partial charge in [-0.05, 0) is 24.3 Å². The minimum Gasteiger partial charge on any atom is -0.493 e. The third kappa shape index (κ3) is 5.12. The monoisotopic (exact) mass is 477 g/mol. The lowest BCUT2D eigenvalue weighted by Crippen LogP contribution is -2.12. The van der Waals surface area contributed by atoms with Crippen LogP contribution in [-0.2, 0) is 0 Å². The van der Waals surface area contributed by atoms with E-state index in [9.17, 15) is 0 Å². The minimum absolute atomic E-state index is 0.468. The number of halogens is 2. The molecule has 0 aliphatic carbocycles. The van der Waals surface area contributed by atoms with Crippen LogP contribution < -0.4 is 19.0 Å². The maximum absolute atomic E-state index is 6.22. The standard InChI is InChI=1S/C22H21Cl2N3O3S/c1-5-8-25-22-27(18(13-31-22)15-6-7-16(23)17(24)11-15)26-12-14-9-19(28-2)21(30-4)20(10-14)29-3/h5-7,9-13H,1,8H2,2-4H3. The summed E-state index contributed by atoms with van der Waals surface area (Å²) < 4.78 is 18.0. The predicted molar refractivity (Wildman–Crippen MR) is 127 cm³/mol. The first kappa shape index (κ1) is 22.9. The van der Waals surface area contributed by atoms with Crippen molar-refractivity contribution in [3.63, 3.8) is 0 Å². The average Bonchev–Trinajstić information content (AvgIpc) is 3.19. The van der Waals surface area contributed by atoms with Crippen molar-refractivity contribution in [1.29, 1.82) is 0 Å². The molecule has 1 aromatic heterocycles. The van der Waals surface area contributed by atoms with Gasteiger partial charge in [-0.2, -0.15) is 5.10 Å². The highest BCUT2D eigenvalue weighted by Gasteiger charge is 2.13. The molecule has 1 heterocycles. The maximum atomic E-state index is 6.22. The van der Waals surface area contributed by atoms with Crippen molar-refractivity contribution < 1.29 is 14.2 Å². The summed E-state index contributed by atoms with van der Waals surface area (Å²) in [5.74, 6) is 1.60. The lowest BCUT2D eigenvalue weighted by Gasteiger charge is -2.12. The fourth-order valence-electron chi connectivity index (χ4n) is 2.82. The Morgan fingerprint density at radius 2 is 1.74 bits per heavy atom. The van der Waals surface area contributed by atoms with Gasteiger partial charge in [0.15, 0.2) is 11.5 Å². The van der Waals surface area contributed by atoms with Crippen molar-refractivity contribution in [3.05, 3.63) is 68.8 Å². The molecule has 0 aliphatic rings. The highest BCUT2D eigenvalue weighted by Crippen LogP contribution is 2.37. The second-order valence-corrected chi connectivity index (χ2v) is 7.83. The molecule has 0 bridgehead atoms. The number of benzene rings is 2. The third-order valence-corrected chi connectivity index (χ3v) is 5.86. The Bertz CT molecular complexity index is 1160. The molecular formula is C22H21Cl2N3O3S. The molecule has 0 saturated carbocycles. The van der Waals surface area contributed by atoms with Crippen molar-refractivity contribution in [3.8, 4) is 28.5 Å². The number of hydrogen-bond donors (Lipinski definition) is 0. The van der Waals surface area contributed by atoms with E-state index in [1.807, 2.05) is 23.6 Å². The highest BCUT2D eigenvalue weighted by atomic mass is 35.5. The summed E-state index contributed by atoms with van der Waals surface area (Å²) in [6.45, 7) is 4.20. The fraction of sp³-hybridized carbons (Fsp3) is 0.182. The highest BCUT2D eigenvalue weighted by molar-refractivity contribution is 7.07. The summed E-state index contributed by atoms with van der Waals surface area (Å²) in [6, 6.07) is 9.08. The van der Waals surface area contributed by atoms with Crippen LogP contribution in [0.25, 0.3) is 11.3 Å². The van der Waals surface area contributed by atoms with E-state index in [1.54, 1.807) is 50.4 Å². The molecule has 3 aromatic rings. The molecule has 0 amide bonds. The van der Waals surface area contributed by atoms with Gasteiger partial charge in [-0.15, -0.1) is 17.9 Å². The van der Waals surface area contributed by atoms with E-state index in [-0.39, 0.29) is 0 Å². The first-order chi connectivity index (χ1) is 15.0. The summed E-state index contributed by atoms with van der Waals surface area (Å²) >= 11 is 13.8. The van der Waals surface area contributed by atoms with E-state index in [4.69, 9.17) is 37.4 Å². The van der Waals surface area contributed by atoms with Crippen LogP contribution in [0.5, 0.6) is 17.2 Å². The van der Waals surface area contributed by atoms with E-state index in [2.05, 4.69) is 16.7 Å². The van der Waals surface area contributed by atoms with Gasteiger partial charge in [-0.1, -0.05) is 35.3 Å². The summed E-state index contributed by atoms with van der Waals surface area (Å²) in [4.78, 5) is 5.25. The number of nitrogens with zero attached hydrogens (tertiary/aromatic N) is 3. The smallest absolute Gasteiger partial charge is 0.206 e. The molecule has 0 radical (unpaired) electrons. The van der Waals surface area contributed by atoms with Crippen molar-refractivity contribution in [2.45, 2.75) is 0 Å². The Hall–Kier alpha value is -2.74. The van der Waals surface area contributed by atoms with Gasteiger partial charge >= 0.3 is 0 Å². The molecule has 3 rings (SSSR count). The Morgan fingerprint density at radius 3 is 2.32 bits per heavy atom. The number of thiazole rings is 1. The maximum Gasteiger partial charge on any atom is 0.206 e. The SMILES string of the molecule is C=CCN=c1scc(-c2ccc(Cl)c(Cl)c2)n1N=Cc1cc(OC)c(OC)c(OC)c1. The first-order valence-electron chi connectivity index (χ1n) is 9.14. The Balaban J connectivity index is 2.11. The Labute approximate surface area is 194 Å². The third-order valence-electron chi connectivity index (χ3n) is 4.27. The van der Waals surface area contributed by atoms with Crippen LogP contribution in [0.4, 0.5) is 0 Å². The van der Waals surface area contributed by atoms with Crippen LogP contribution in [0.2, 0.25) is 10.0 Å². The van der Waals surface area contributed by atoms with Gasteiger partial charge < -0.3 is 14.2 Å². The van der Waals surface area contributed by atoms with Gasteiger partial charge in [-0.25, -0.2) is 4.68 Å². The van der Waals surface area contributed by atoms with E-state index in [1.165, 1.54) is 11.3 Å². The van der Waals surface area contributed by atoms with Gasteiger partial charge in [-0.3, -0.25) is 4.99 Å². The van der Waals surface area contributed by atoms with E-state index >= 15 is 0 Å². The van der Waals surface area contributed by atoms with Crippen molar-refractivity contribution in [2.24, 2.45) is 10.1 Å². The van der Waals surface area contributed by atoms with Gasteiger partial charge in [0.1, 0.15) is 0 Å². The normalized spacial score (nSPS) is 11.7. The molecule has 0 fully saturated rings. The zero-order valence-corrected chi connectivity index (χ0v) is 19.6. The number of rotatable bonds is 8. The molecular weight excluding hydrogens is 457 g/mol. The summed E-state index contributed by atoms with van der Waals surface area (Å²) in [6.07, 6.45) is 3.43. The lowest BCUT2D eigenvalue weighted by atomic mass is 10.2. The fourth-order valence-corrected chi connectivity index (χ4v) is 3.96. The largest absolute Gasteiger partial charge is 0.493 e. The van der Waals surface area contributed by atoms with Crippen molar-refractivity contribution >= 4 is 40.8 Å². The van der Waals surface area contributed by atoms with Crippen LogP contribution in [0.1, 0.15) is 5.56 Å². The molecule has 162 valence electrons. The minimum atomic E-state index is 0.468. The van der Waals surface area contributed by atoms with Crippen LogP contribution >= 0.6 is 34.5 Å². The average molecular weight is 478 g/mol. The van der Waals surface area contributed by atoms with Crippen LogP contribution in [0.15, 0.2) is 58.5 Å². The zero-order valence-electron chi connectivity index (χ0n) is 17.3. The van der Waals surface area contributed by atoms with Crippen molar-refractivity contribution in [1.82, 2.24) is 4.68 Å². The number of hydrogen-bond acceptors (Lipinski definition) is 6. The first-order valence-corrected chi connectivity index (χ1v) is 10.8. The molecule has 0 atom stereocenters. The predicted octanol–water partition coefficient (Wildman–Crippen LogP) is 5.52. The molecule has 0 aliphatic heterocycles. The molecule has 0 N–H and O–H groups in total. The van der Waals surface area contributed by atoms with E-state index < -0.39 is 0 Å². The molecule has 9 heteroatoms. The summed E-state index contributed by atoms with van der Waals surface area (Å²) in [5.41, 5.74) is 2.46. The molecule has 6 nitrogen and oxygen atoms in total. The van der Waals surface area contributed by atoms with Crippen LogP contribution in [0, 0.1) is 0 Å². The zero-order chi connectivity index (χ0) is 22.4. The molecule has 0 spiro atoms. The van der Waals surface area contributed by atoms with Crippen LogP contribution in [0.3, 0.4) is 0 Å². The quantitative estimate of drug-likeness (QED) is 0.317. The number of ether oxygens (including phenoxy) is 3. The second kappa shape index (κ2) is 10.5. The number of methoxy groups -OCH3 is 3. The second-order valence-electron chi connectivity index (χ2n) is 6.18. The van der Waals surface area contributed by atoms with Crippen LogP contribution in [-0.4, -0.2) is 38.8 Å². The lowest BCUT2D eigenvalue weighted by molar-refractivity contribution is 0.324. The van der Waals surface area contributed by atoms with E-state index in [0.29, 0.717) is 38.6 Å². The Morgan fingerprint density at radius 1 is 1.03 bits per heavy atom. The molecule has 2 aromatic carbocycles. The molecule has 0 unspecified atom stereocenters. The van der Waals surface area contributed by atoms with Gasteiger partial charge in [0.05, 0.1) is 49.8 Å². The van der Waals surface area contributed by atoms with E-state index in [0.717, 1.165) is 16.8 Å². The van der Waals surface area contributed by atoms with Crippen molar-refractivity contribution in [2.75, 3.05) is 27.9 Å². The summed E-state index contributed by atoms with van der Waals surface area (Å²) in [7, 11) is 4.70. The Kier molecular flexibility index (Phi) is 7.79.